The molecule has 0 radical (unpaired) electrons. The summed E-state index contributed by atoms with van der Waals surface area (Å²) in [6.45, 7) is 2.21. The molecule has 0 bridgehead atoms. The summed E-state index contributed by atoms with van der Waals surface area (Å²) in [7, 11) is 0. The lowest BCUT2D eigenvalue weighted by Crippen LogP contribution is -2.29. The molecule has 0 aliphatic carbocycles. The fourth-order valence-electron chi connectivity index (χ4n) is 3.01. The van der Waals surface area contributed by atoms with Crippen LogP contribution in [0.15, 0.2) is 47.6 Å². The minimum Gasteiger partial charge on any atom is -0.487 e. The monoisotopic (exact) mass is 418 g/mol. The Balaban J connectivity index is 1.75. The Morgan fingerprint density at radius 3 is 2.57 bits per heavy atom. The molecule has 5 nitrogen and oxygen atoms in total. The smallest absolute Gasteiger partial charge is 0.143 e. The minimum atomic E-state index is 0.219. The Bertz CT molecular complexity index is 856. The van der Waals surface area contributed by atoms with Gasteiger partial charge in [0.15, 0.2) is 0 Å². The number of aliphatic imine (C=N–C) groups is 1. The number of piperidine rings is 1. The van der Waals surface area contributed by atoms with E-state index < -0.39 is 0 Å². The molecule has 148 valence electrons. The van der Waals surface area contributed by atoms with E-state index in [1.807, 2.05) is 18.3 Å². The first-order valence-electron chi connectivity index (χ1n) is 9.20. The predicted octanol–water partition coefficient (Wildman–Crippen LogP) is 4.28. The number of anilines is 1. The summed E-state index contributed by atoms with van der Waals surface area (Å²) in [6.07, 6.45) is 5.44. The number of rotatable bonds is 6. The molecule has 1 fully saturated rings. The lowest BCUT2D eigenvalue weighted by atomic mass is 10.1. The van der Waals surface area contributed by atoms with Crippen molar-refractivity contribution in [3.8, 4) is 5.75 Å². The van der Waals surface area contributed by atoms with E-state index in [4.69, 9.17) is 39.4 Å². The van der Waals surface area contributed by atoms with Crippen molar-refractivity contribution in [1.82, 2.24) is 5.32 Å². The zero-order valence-corrected chi connectivity index (χ0v) is 17.0. The van der Waals surface area contributed by atoms with Gasteiger partial charge < -0.3 is 21.5 Å². The van der Waals surface area contributed by atoms with E-state index in [2.05, 4.69) is 10.3 Å². The summed E-state index contributed by atoms with van der Waals surface area (Å²) in [4.78, 5) is 4.68. The highest BCUT2D eigenvalue weighted by molar-refractivity contribution is 6.35. The topological polar surface area (TPSA) is 85.7 Å². The number of hydrogen-bond acceptors (Lipinski definition) is 5. The molecule has 0 spiro atoms. The van der Waals surface area contributed by atoms with Crippen LogP contribution in [-0.4, -0.2) is 25.3 Å². The van der Waals surface area contributed by atoms with Crippen LogP contribution in [0.2, 0.25) is 10.0 Å². The van der Waals surface area contributed by atoms with Crippen molar-refractivity contribution in [3.63, 3.8) is 0 Å². The molecule has 7 heteroatoms. The number of hydrogen-bond donors (Lipinski definition) is 3. The third-order valence-corrected chi connectivity index (χ3v) is 5.40. The van der Waals surface area contributed by atoms with Gasteiger partial charge in [0.2, 0.25) is 0 Å². The molecular weight excluding hydrogens is 395 g/mol. The Morgan fingerprint density at radius 2 is 1.89 bits per heavy atom. The van der Waals surface area contributed by atoms with Gasteiger partial charge in [-0.2, -0.15) is 0 Å². The normalized spacial score (nSPS) is 15.9. The van der Waals surface area contributed by atoms with Crippen LogP contribution in [0.1, 0.15) is 24.0 Å². The van der Waals surface area contributed by atoms with Gasteiger partial charge in [0.25, 0.3) is 0 Å². The van der Waals surface area contributed by atoms with Gasteiger partial charge in [0, 0.05) is 33.6 Å². The summed E-state index contributed by atoms with van der Waals surface area (Å²) in [5.41, 5.74) is 14.9. The van der Waals surface area contributed by atoms with E-state index in [0.717, 1.165) is 42.6 Å². The van der Waals surface area contributed by atoms with E-state index in [9.17, 15) is 0 Å². The Kier molecular flexibility index (Phi) is 7.20. The van der Waals surface area contributed by atoms with Crippen molar-refractivity contribution in [2.75, 3.05) is 18.8 Å². The van der Waals surface area contributed by atoms with Crippen LogP contribution in [0.4, 0.5) is 5.69 Å². The molecule has 3 rings (SSSR count). The number of halogens is 2. The average molecular weight is 419 g/mol. The molecule has 0 aromatic heterocycles. The number of nitrogens with two attached hydrogens (primary N) is 2. The highest BCUT2D eigenvalue weighted by Gasteiger charge is 2.12. The average Bonchev–Trinajstić information content (AvgIpc) is 2.70. The van der Waals surface area contributed by atoms with Crippen LogP contribution >= 0.6 is 23.2 Å². The van der Waals surface area contributed by atoms with Gasteiger partial charge in [-0.3, -0.25) is 4.99 Å². The van der Waals surface area contributed by atoms with Crippen molar-refractivity contribution in [3.05, 3.63) is 63.8 Å². The number of ether oxygens (including phenoxy) is 1. The van der Waals surface area contributed by atoms with E-state index in [0.29, 0.717) is 27.5 Å². The maximum atomic E-state index is 6.21. The van der Waals surface area contributed by atoms with Gasteiger partial charge in [0.05, 0.1) is 11.7 Å². The largest absolute Gasteiger partial charge is 0.487 e. The van der Waals surface area contributed by atoms with Gasteiger partial charge in [-0.25, -0.2) is 0 Å². The molecule has 2 aromatic rings. The van der Waals surface area contributed by atoms with Crippen LogP contribution in [0, 0.1) is 0 Å². The van der Waals surface area contributed by atoms with Crippen molar-refractivity contribution in [1.29, 1.82) is 0 Å². The molecule has 2 aromatic carbocycles. The first kappa shape index (κ1) is 20.5. The van der Waals surface area contributed by atoms with E-state index in [-0.39, 0.29) is 6.61 Å². The molecule has 5 N–H and O–H groups in total. The first-order chi connectivity index (χ1) is 13.6. The third kappa shape index (κ3) is 5.19. The molecule has 1 aliphatic rings. The summed E-state index contributed by atoms with van der Waals surface area (Å²) in [5, 5.41) is 4.44. The molecule has 1 aliphatic heterocycles. The van der Waals surface area contributed by atoms with Gasteiger partial charge >= 0.3 is 0 Å². The second kappa shape index (κ2) is 9.82. The van der Waals surface area contributed by atoms with Gasteiger partial charge in [-0.15, -0.1) is 0 Å². The molecule has 28 heavy (non-hydrogen) atoms. The zero-order chi connectivity index (χ0) is 19.9. The van der Waals surface area contributed by atoms with Crippen LogP contribution in [0.3, 0.4) is 0 Å². The Hall–Kier alpha value is -2.21. The maximum absolute atomic E-state index is 6.21. The highest BCUT2D eigenvalue weighted by atomic mass is 35.5. The van der Waals surface area contributed by atoms with Crippen LogP contribution < -0.4 is 21.5 Å². The number of nitrogens with zero attached hydrogens (tertiary/aromatic N) is 1. The summed E-state index contributed by atoms with van der Waals surface area (Å²) >= 11 is 12.4. The Morgan fingerprint density at radius 1 is 1.18 bits per heavy atom. The molecule has 0 amide bonds. The van der Waals surface area contributed by atoms with Gasteiger partial charge in [0.1, 0.15) is 12.4 Å². The summed E-state index contributed by atoms with van der Waals surface area (Å²) in [5.74, 6) is 0.545. The van der Waals surface area contributed by atoms with E-state index in [1.54, 1.807) is 30.5 Å². The second-order valence-corrected chi connectivity index (χ2v) is 7.44. The quantitative estimate of drug-likeness (QED) is 0.482. The fraction of sp³-hybridized carbons (Fsp3) is 0.286. The second-order valence-electron chi connectivity index (χ2n) is 6.62. The molecule has 1 heterocycles. The van der Waals surface area contributed by atoms with Crippen LogP contribution in [0.5, 0.6) is 5.75 Å². The number of nitrogen functional groups attached to an aromatic ring is 1. The lowest BCUT2D eigenvalue weighted by molar-refractivity contribution is 0.308. The molecule has 0 saturated carbocycles. The molecule has 0 unspecified atom stereocenters. The number of allylic oxidation sites excluding steroid dienone is 1. The number of nitrogens with one attached hydrogen (secondary N) is 1. The Labute approximate surface area is 175 Å². The van der Waals surface area contributed by atoms with Gasteiger partial charge in [-0.1, -0.05) is 35.3 Å². The first-order valence-corrected chi connectivity index (χ1v) is 9.95. The summed E-state index contributed by atoms with van der Waals surface area (Å²) in [6, 6.07) is 11.2. The van der Waals surface area contributed by atoms with E-state index >= 15 is 0 Å². The minimum absolute atomic E-state index is 0.219. The van der Waals surface area contributed by atoms with Crippen LogP contribution in [0.25, 0.3) is 5.57 Å². The van der Waals surface area contributed by atoms with Crippen molar-refractivity contribution in [2.24, 2.45) is 10.7 Å². The predicted molar refractivity (Wildman–Crippen MR) is 118 cm³/mol. The SMILES string of the molecule is N/C=C(\C=NC1CCNCC1)c1ccc(N)c(OCc2c(Cl)cccc2Cl)c1. The highest BCUT2D eigenvalue weighted by Crippen LogP contribution is 2.30. The van der Waals surface area contributed by atoms with Crippen molar-refractivity contribution in [2.45, 2.75) is 25.5 Å². The lowest BCUT2D eigenvalue weighted by Gasteiger charge is -2.18. The summed E-state index contributed by atoms with van der Waals surface area (Å²) < 4.78 is 5.90. The zero-order valence-electron chi connectivity index (χ0n) is 15.5. The van der Waals surface area contributed by atoms with Crippen molar-refractivity contribution < 1.29 is 4.74 Å². The molecule has 1 saturated heterocycles. The van der Waals surface area contributed by atoms with Crippen LogP contribution in [-0.2, 0) is 6.61 Å². The molecule has 0 atom stereocenters. The molecular formula is C21H24Cl2N4O. The van der Waals surface area contributed by atoms with E-state index in [1.165, 1.54) is 0 Å². The standard InChI is InChI=1S/C21H24Cl2N4O/c22-18-2-1-3-19(23)17(18)13-28-21-10-14(4-5-20(21)25)15(11-24)12-27-16-6-8-26-9-7-16/h1-5,10-12,16,26H,6-9,13,24-25H2/b15-11+,27-12?. The van der Waals surface area contributed by atoms with Gasteiger partial charge in [-0.05, 0) is 55.8 Å². The number of benzene rings is 2. The maximum Gasteiger partial charge on any atom is 0.143 e. The third-order valence-electron chi connectivity index (χ3n) is 4.69. The van der Waals surface area contributed by atoms with Crippen molar-refractivity contribution >= 4 is 40.7 Å². The fourth-order valence-corrected chi connectivity index (χ4v) is 3.52.